The van der Waals surface area contributed by atoms with Crippen molar-refractivity contribution < 1.29 is 36.2 Å². The molecule has 38 heavy (non-hydrogen) atoms. The van der Waals surface area contributed by atoms with E-state index in [1.807, 2.05) is 0 Å². The van der Waals surface area contributed by atoms with E-state index in [0.29, 0.717) is 50.2 Å². The van der Waals surface area contributed by atoms with Gasteiger partial charge in [-0.1, -0.05) is 42.3 Å². The van der Waals surface area contributed by atoms with Gasteiger partial charge in [0, 0.05) is 30.7 Å². The molecular formula is C26H30ClF3N2O5S. The van der Waals surface area contributed by atoms with Crippen LogP contribution in [0.5, 0.6) is 0 Å². The number of piperidine rings is 2. The number of hydrogen-bond donors (Lipinski definition) is 1. The fourth-order valence-corrected chi connectivity index (χ4v) is 7.08. The molecule has 2 fully saturated rings. The number of rotatable bonds is 7. The van der Waals surface area contributed by atoms with Crippen molar-refractivity contribution in [3.05, 3.63) is 64.7 Å². The Morgan fingerprint density at radius 3 is 2.37 bits per heavy atom. The lowest BCUT2D eigenvalue weighted by Gasteiger charge is -2.38. The topological polar surface area (TPSA) is 87.2 Å². The largest absolute Gasteiger partial charge is 0.417 e. The summed E-state index contributed by atoms with van der Waals surface area (Å²) in [7, 11) is -4.44. The Morgan fingerprint density at radius 2 is 1.71 bits per heavy atom. The summed E-state index contributed by atoms with van der Waals surface area (Å²) < 4.78 is 73.7. The lowest BCUT2D eigenvalue weighted by atomic mass is 9.84. The van der Waals surface area contributed by atoms with E-state index in [2.05, 4.69) is 0 Å². The van der Waals surface area contributed by atoms with Gasteiger partial charge in [0.1, 0.15) is 6.61 Å². The predicted octanol–water partition coefficient (Wildman–Crippen LogP) is 4.43. The van der Waals surface area contributed by atoms with Gasteiger partial charge in [0.05, 0.1) is 22.7 Å². The van der Waals surface area contributed by atoms with Gasteiger partial charge in [-0.05, 0) is 55.5 Å². The van der Waals surface area contributed by atoms with Crippen molar-refractivity contribution in [3.8, 4) is 0 Å². The maximum atomic E-state index is 13.5. The van der Waals surface area contributed by atoms with Gasteiger partial charge in [-0.25, -0.2) is 8.42 Å². The van der Waals surface area contributed by atoms with Crippen LogP contribution in [0.3, 0.4) is 0 Å². The zero-order valence-electron chi connectivity index (χ0n) is 20.7. The number of likely N-dealkylation sites (tertiary alicyclic amines) is 1. The van der Waals surface area contributed by atoms with Crippen molar-refractivity contribution in [1.82, 2.24) is 9.21 Å². The van der Waals surface area contributed by atoms with Crippen molar-refractivity contribution in [2.45, 2.75) is 54.8 Å². The quantitative estimate of drug-likeness (QED) is 0.529. The molecule has 0 bridgehead atoms. The molecule has 208 valence electrons. The predicted molar refractivity (Wildman–Crippen MR) is 135 cm³/mol. The van der Waals surface area contributed by atoms with Crippen LogP contribution in [0.4, 0.5) is 13.2 Å². The minimum Gasteiger partial charge on any atom is -0.385 e. The summed E-state index contributed by atoms with van der Waals surface area (Å²) in [4.78, 5) is 13.5. The smallest absolute Gasteiger partial charge is 0.385 e. The maximum absolute atomic E-state index is 13.5. The first-order valence-electron chi connectivity index (χ1n) is 12.4. The van der Waals surface area contributed by atoms with Gasteiger partial charge in [0.2, 0.25) is 15.9 Å². The summed E-state index contributed by atoms with van der Waals surface area (Å²) in [6, 6.07) is 10.4. The Morgan fingerprint density at radius 1 is 1.05 bits per heavy atom. The van der Waals surface area contributed by atoms with Gasteiger partial charge >= 0.3 is 6.18 Å². The van der Waals surface area contributed by atoms with Crippen molar-refractivity contribution in [2.75, 3.05) is 32.8 Å². The van der Waals surface area contributed by atoms with Gasteiger partial charge in [-0.3, -0.25) is 4.79 Å². The van der Waals surface area contributed by atoms with Crippen LogP contribution in [-0.2, 0) is 31.3 Å². The fourth-order valence-electron chi connectivity index (χ4n) is 5.06. The normalized spacial score (nSPS) is 20.9. The van der Waals surface area contributed by atoms with E-state index < -0.39 is 38.3 Å². The van der Waals surface area contributed by atoms with Gasteiger partial charge in [0.15, 0.2) is 0 Å². The number of hydrogen-bond acceptors (Lipinski definition) is 5. The molecule has 2 aliphatic heterocycles. The van der Waals surface area contributed by atoms with Gasteiger partial charge in [-0.15, -0.1) is 0 Å². The zero-order valence-corrected chi connectivity index (χ0v) is 22.2. The Kier molecular flexibility index (Phi) is 8.73. The first-order chi connectivity index (χ1) is 17.9. The Labute approximate surface area is 225 Å². The second kappa shape index (κ2) is 11.5. The number of benzene rings is 2. The van der Waals surface area contributed by atoms with Crippen molar-refractivity contribution >= 4 is 27.5 Å². The molecule has 2 heterocycles. The molecule has 2 aromatic rings. The highest BCUT2D eigenvalue weighted by atomic mass is 35.5. The standard InChI is InChI=1S/C26H30ClF3N2O5S/c27-20-10-8-19(9-11-20)25(34)12-15-31(16-13-25)24(33)18-37-17-21-5-3-4-14-32(21)38(35,36)23-7-2-1-6-22(23)26(28,29)30/h1-2,6-11,21,34H,3-5,12-18H2. The van der Waals surface area contributed by atoms with Crippen LogP contribution in [0, 0.1) is 0 Å². The molecule has 12 heteroatoms. The van der Waals surface area contributed by atoms with E-state index in [9.17, 15) is 31.5 Å². The second-order valence-electron chi connectivity index (χ2n) is 9.69. The van der Waals surface area contributed by atoms with Gasteiger partial charge in [-0.2, -0.15) is 17.5 Å². The van der Waals surface area contributed by atoms with Crippen molar-refractivity contribution in [3.63, 3.8) is 0 Å². The summed E-state index contributed by atoms with van der Waals surface area (Å²) in [5.74, 6) is -0.296. The zero-order chi connectivity index (χ0) is 27.6. The molecule has 0 saturated carbocycles. The molecule has 0 aromatic heterocycles. The Bertz CT molecular complexity index is 1230. The Balaban J connectivity index is 1.35. The van der Waals surface area contributed by atoms with Crippen molar-refractivity contribution in [2.24, 2.45) is 0 Å². The van der Waals surface area contributed by atoms with Crippen LogP contribution < -0.4 is 0 Å². The van der Waals surface area contributed by atoms with E-state index in [0.717, 1.165) is 28.1 Å². The summed E-state index contributed by atoms with van der Waals surface area (Å²) in [5.41, 5.74) is -1.54. The number of nitrogens with zero attached hydrogens (tertiary/aromatic N) is 2. The number of amides is 1. The van der Waals surface area contributed by atoms with Crippen LogP contribution in [0.2, 0.25) is 5.02 Å². The SMILES string of the molecule is O=C(COCC1CCCCN1S(=O)(=O)c1ccccc1C(F)(F)F)N1CCC(O)(c2ccc(Cl)cc2)CC1. The third kappa shape index (κ3) is 6.34. The Hall–Kier alpha value is -2.18. The average Bonchev–Trinajstić information content (AvgIpc) is 2.89. The van der Waals surface area contributed by atoms with Crippen LogP contribution >= 0.6 is 11.6 Å². The molecule has 1 atom stereocenters. The van der Waals surface area contributed by atoms with Gasteiger partial charge in [0.25, 0.3) is 0 Å². The van der Waals surface area contributed by atoms with E-state index in [-0.39, 0.29) is 25.7 Å². The summed E-state index contributed by atoms with van der Waals surface area (Å²) in [5, 5.41) is 11.6. The number of sulfonamides is 1. The molecule has 1 unspecified atom stereocenters. The van der Waals surface area contributed by atoms with E-state index in [4.69, 9.17) is 16.3 Å². The third-order valence-corrected chi connectivity index (χ3v) is 9.47. The monoisotopic (exact) mass is 574 g/mol. The van der Waals surface area contributed by atoms with Crippen LogP contribution in [-0.4, -0.2) is 67.5 Å². The van der Waals surface area contributed by atoms with Crippen molar-refractivity contribution in [1.29, 1.82) is 0 Å². The molecule has 7 nitrogen and oxygen atoms in total. The summed E-state index contributed by atoms with van der Waals surface area (Å²) in [6.45, 7) is 0.315. The first-order valence-corrected chi connectivity index (χ1v) is 14.3. The molecule has 2 aliphatic rings. The minimum absolute atomic E-state index is 0.0753. The molecular weight excluding hydrogens is 545 g/mol. The minimum atomic E-state index is -4.81. The fraction of sp³-hybridized carbons (Fsp3) is 0.500. The molecule has 1 N–H and O–H groups in total. The highest BCUT2D eigenvalue weighted by molar-refractivity contribution is 7.89. The number of carbonyl (C=O) groups excluding carboxylic acids is 1. The molecule has 0 spiro atoms. The number of halogens is 4. The summed E-state index contributed by atoms with van der Waals surface area (Å²) in [6.07, 6.45) is -2.50. The lowest BCUT2D eigenvalue weighted by molar-refractivity contribution is -0.141. The molecule has 2 aromatic carbocycles. The number of alkyl halides is 3. The maximum Gasteiger partial charge on any atom is 0.417 e. The average molecular weight is 575 g/mol. The number of aliphatic hydroxyl groups is 1. The van der Waals surface area contributed by atoms with Crippen LogP contribution in [0.1, 0.15) is 43.2 Å². The summed E-state index contributed by atoms with van der Waals surface area (Å²) >= 11 is 5.93. The molecule has 4 rings (SSSR count). The molecule has 1 amide bonds. The lowest BCUT2D eigenvalue weighted by Crippen LogP contribution is -2.48. The van der Waals surface area contributed by atoms with E-state index in [1.54, 1.807) is 29.2 Å². The van der Waals surface area contributed by atoms with Gasteiger partial charge < -0.3 is 14.7 Å². The van der Waals surface area contributed by atoms with E-state index in [1.165, 1.54) is 6.07 Å². The first kappa shape index (κ1) is 28.8. The third-order valence-electron chi connectivity index (χ3n) is 7.21. The second-order valence-corrected chi connectivity index (χ2v) is 12.0. The molecule has 0 aliphatic carbocycles. The van der Waals surface area contributed by atoms with Crippen LogP contribution in [0.15, 0.2) is 53.4 Å². The number of ether oxygens (including phenoxy) is 1. The highest BCUT2D eigenvalue weighted by Gasteiger charge is 2.41. The van der Waals surface area contributed by atoms with Crippen LogP contribution in [0.25, 0.3) is 0 Å². The molecule has 0 radical (unpaired) electrons. The number of carbonyl (C=O) groups is 1. The molecule has 2 saturated heterocycles. The highest BCUT2D eigenvalue weighted by Crippen LogP contribution is 2.37. The van der Waals surface area contributed by atoms with E-state index >= 15 is 0 Å².